The molecule has 0 unspecified atom stereocenters. The van der Waals surface area contributed by atoms with Crippen molar-refractivity contribution in [2.75, 3.05) is 9.80 Å². The molecule has 1 aliphatic heterocycles. The minimum Gasteiger partial charge on any atom is -0.460 e. The summed E-state index contributed by atoms with van der Waals surface area (Å²) >= 11 is 0. The molecule has 0 radical (unpaired) electrons. The van der Waals surface area contributed by atoms with Crippen molar-refractivity contribution >= 4 is 63.6 Å². The third-order valence-corrected chi connectivity index (χ3v) is 14.8. The Morgan fingerprint density at radius 1 is 0.481 bits per heavy atom. The predicted octanol–water partition coefficient (Wildman–Crippen LogP) is 12.5. The molecule has 1 aliphatic carbocycles. The van der Waals surface area contributed by atoms with Gasteiger partial charge in [0, 0.05) is 45.8 Å². The van der Waals surface area contributed by atoms with Crippen molar-refractivity contribution in [2.24, 2.45) is 0 Å². The number of aryl methyl sites for hydroxylation is 1. The second-order valence-corrected chi connectivity index (χ2v) is 19.2. The highest BCUT2D eigenvalue weighted by Gasteiger charge is 2.38. The number of furan rings is 1. The minimum atomic E-state index is -1.98. The summed E-state index contributed by atoms with van der Waals surface area (Å²) in [6, 6.07) is 64.0. The minimum absolute atomic E-state index is 0.905. The fraction of sp³-hybridized carbons (Fsp3) is 0.0800. The number of benzene rings is 7. The highest BCUT2D eigenvalue weighted by atomic mass is 28.3. The fourth-order valence-electron chi connectivity index (χ4n) is 8.71. The molecule has 0 N–H and O–H groups in total. The van der Waals surface area contributed by atoms with Crippen LogP contribution in [0.5, 0.6) is 0 Å². The Kier molecular flexibility index (Phi) is 7.74. The molecule has 0 spiro atoms. The van der Waals surface area contributed by atoms with E-state index in [1.165, 1.54) is 49.3 Å². The van der Waals surface area contributed by atoms with Gasteiger partial charge in [-0.3, -0.25) is 0 Å². The van der Waals surface area contributed by atoms with E-state index in [1.54, 1.807) is 0 Å². The van der Waals surface area contributed by atoms with E-state index in [4.69, 9.17) is 4.42 Å². The molecule has 3 nitrogen and oxygen atoms in total. The van der Waals surface area contributed by atoms with Gasteiger partial charge in [-0.15, -0.1) is 0 Å². The van der Waals surface area contributed by atoms with Gasteiger partial charge in [0.2, 0.25) is 0 Å². The zero-order valence-electron chi connectivity index (χ0n) is 30.5. The van der Waals surface area contributed by atoms with Crippen molar-refractivity contribution in [1.29, 1.82) is 0 Å². The Balaban J connectivity index is 1.13. The number of fused-ring (bicyclic) bond motifs is 6. The van der Waals surface area contributed by atoms with Gasteiger partial charge < -0.3 is 14.2 Å². The van der Waals surface area contributed by atoms with E-state index in [1.807, 2.05) is 0 Å². The van der Waals surface area contributed by atoms with Crippen LogP contribution in [0, 0.1) is 0 Å². The third-order valence-electron chi connectivity index (χ3n) is 11.3. The van der Waals surface area contributed by atoms with Crippen molar-refractivity contribution in [1.82, 2.24) is 0 Å². The topological polar surface area (TPSA) is 19.6 Å². The molecule has 54 heavy (non-hydrogen) atoms. The molecule has 260 valence electrons. The van der Waals surface area contributed by atoms with E-state index < -0.39 is 8.07 Å². The molecule has 4 heteroatoms. The largest absolute Gasteiger partial charge is 0.460 e. The summed E-state index contributed by atoms with van der Waals surface area (Å²) in [5, 5.41) is 4.13. The van der Waals surface area contributed by atoms with Crippen molar-refractivity contribution < 1.29 is 4.42 Å². The van der Waals surface area contributed by atoms with Gasteiger partial charge in [-0.1, -0.05) is 128 Å². The van der Waals surface area contributed by atoms with Gasteiger partial charge in [0.1, 0.15) is 19.4 Å². The first-order valence-corrected chi connectivity index (χ1v) is 21.9. The highest BCUT2D eigenvalue weighted by Crippen LogP contribution is 2.45. The lowest BCUT2D eigenvalue weighted by atomic mass is 9.96. The second kappa shape index (κ2) is 12.9. The van der Waals surface area contributed by atoms with Crippen LogP contribution in [0.4, 0.5) is 28.4 Å². The number of para-hydroxylation sites is 3. The molecule has 0 amide bonds. The van der Waals surface area contributed by atoms with E-state index >= 15 is 0 Å². The molecule has 2 aliphatic rings. The molecule has 7 aromatic carbocycles. The van der Waals surface area contributed by atoms with Crippen molar-refractivity contribution in [3.63, 3.8) is 0 Å². The Hall–Kier alpha value is -6.36. The Morgan fingerprint density at radius 3 is 1.70 bits per heavy atom. The zero-order chi connectivity index (χ0) is 36.2. The van der Waals surface area contributed by atoms with Crippen LogP contribution in [0.3, 0.4) is 0 Å². The summed E-state index contributed by atoms with van der Waals surface area (Å²) in [6.45, 7) is 5.00. The lowest BCUT2D eigenvalue weighted by Crippen LogP contribution is -2.49. The smallest absolute Gasteiger partial charge is 0.134 e. The first kappa shape index (κ1) is 32.3. The average molecular weight is 713 g/mol. The normalized spacial score (nSPS) is 13.9. The number of rotatable bonds is 7. The molecule has 0 atom stereocenters. The summed E-state index contributed by atoms with van der Waals surface area (Å²) in [5.41, 5.74) is 14.1. The van der Waals surface area contributed by atoms with Crippen LogP contribution in [0.2, 0.25) is 13.1 Å². The van der Waals surface area contributed by atoms with Gasteiger partial charge in [0.25, 0.3) is 0 Å². The van der Waals surface area contributed by atoms with Crippen molar-refractivity contribution in [2.45, 2.75) is 25.9 Å². The highest BCUT2D eigenvalue weighted by molar-refractivity contribution is 7.03. The van der Waals surface area contributed by atoms with Gasteiger partial charge in [-0.25, -0.2) is 0 Å². The Morgan fingerprint density at radius 2 is 1.02 bits per heavy atom. The standard InChI is InChI=1S/C50H40N2OSi/c1-54(2)48-30-28-40(51(37-19-8-4-9-20-37)39-23-14-18-36(32-39)35-16-6-3-7-17-35)33-43(48)44-34-41(29-31-49(44)54)52(38-21-10-5-11-22-38)45-25-15-27-47-50(45)42-24-12-13-26-46(42)53-47/h3-14,16-26,28-34H,15,27H2,1-2H3. The Labute approximate surface area is 318 Å². The molecule has 1 aromatic heterocycles. The predicted molar refractivity (Wildman–Crippen MR) is 230 cm³/mol. The van der Waals surface area contributed by atoms with Crippen LogP contribution in [0.1, 0.15) is 17.7 Å². The summed E-state index contributed by atoms with van der Waals surface area (Å²) in [5.74, 6) is 1.07. The first-order chi connectivity index (χ1) is 26.5. The maximum atomic E-state index is 6.46. The summed E-state index contributed by atoms with van der Waals surface area (Å²) in [7, 11) is -1.98. The van der Waals surface area contributed by atoms with E-state index in [0.717, 1.165) is 52.6 Å². The molecule has 8 aromatic rings. The SMILES string of the molecule is C[Si]1(C)c2ccc(N(C3=CCCc4oc5ccccc5c43)c3ccccc3)cc2-c2cc(N(c3ccccc3)c3cccc(-c4ccccc4)c3)ccc21. The first-order valence-electron chi connectivity index (χ1n) is 18.9. The lowest BCUT2D eigenvalue weighted by molar-refractivity contribution is 0.545. The number of anilines is 5. The van der Waals surface area contributed by atoms with Crippen LogP contribution in [0.15, 0.2) is 186 Å². The molecule has 0 saturated heterocycles. The quantitative estimate of drug-likeness (QED) is 0.153. The molecular formula is C50H40N2OSi. The van der Waals surface area contributed by atoms with Gasteiger partial charge in [-0.05, 0) is 106 Å². The summed E-state index contributed by atoms with van der Waals surface area (Å²) in [6.07, 6.45) is 4.24. The van der Waals surface area contributed by atoms with Gasteiger partial charge >= 0.3 is 0 Å². The fourth-order valence-corrected chi connectivity index (χ4v) is 11.8. The van der Waals surface area contributed by atoms with Crippen LogP contribution < -0.4 is 20.2 Å². The van der Waals surface area contributed by atoms with Gasteiger partial charge in [0.15, 0.2) is 0 Å². The van der Waals surface area contributed by atoms with Gasteiger partial charge in [-0.2, -0.15) is 0 Å². The number of allylic oxidation sites excluding steroid dienone is 1. The van der Waals surface area contributed by atoms with Crippen LogP contribution in [0.25, 0.3) is 38.9 Å². The van der Waals surface area contributed by atoms with Crippen LogP contribution >= 0.6 is 0 Å². The molecule has 10 rings (SSSR count). The summed E-state index contributed by atoms with van der Waals surface area (Å²) in [4.78, 5) is 4.85. The number of hydrogen-bond donors (Lipinski definition) is 0. The van der Waals surface area contributed by atoms with E-state index in [0.29, 0.717) is 0 Å². The maximum Gasteiger partial charge on any atom is 0.134 e. The molecule has 0 saturated carbocycles. The maximum absolute atomic E-state index is 6.46. The van der Waals surface area contributed by atoms with E-state index in [9.17, 15) is 0 Å². The summed E-state index contributed by atoms with van der Waals surface area (Å²) < 4.78 is 6.46. The van der Waals surface area contributed by atoms with E-state index in [-0.39, 0.29) is 0 Å². The Bertz CT molecular complexity index is 2700. The van der Waals surface area contributed by atoms with Crippen molar-refractivity contribution in [3.05, 3.63) is 193 Å². The average Bonchev–Trinajstić information content (AvgIpc) is 3.71. The molecule has 0 fully saturated rings. The zero-order valence-corrected chi connectivity index (χ0v) is 31.5. The third kappa shape index (κ3) is 5.33. The van der Waals surface area contributed by atoms with Crippen LogP contribution in [-0.2, 0) is 6.42 Å². The molecule has 0 bridgehead atoms. The molecule has 2 heterocycles. The molecular weight excluding hydrogens is 673 g/mol. The van der Waals surface area contributed by atoms with Gasteiger partial charge in [0.05, 0.1) is 5.70 Å². The number of hydrogen-bond acceptors (Lipinski definition) is 3. The van der Waals surface area contributed by atoms with Crippen LogP contribution in [-0.4, -0.2) is 8.07 Å². The second-order valence-electron chi connectivity index (χ2n) is 14.9. The monoisotopic (exact) mass is 712 g/mol. The lowest BCUT2D eigenvalue weighted by Gasteiger charge is -2.30. The number of nitrogens with zero attached hydrogens (tertiary/aromatic N) is 2. The van der Waals surface area contributed by atoms with E-state index in [2.05, 4.69) is 205 Å². The van der Waals surface area contributed by atoms with Crippen molar-refractivity contribution in [3.8, 4) is 22.3 Å².